The molecule has 0 saturated heterocycles. The number of nitrogens with one attached hydrogen (secondary N) is 1. The Balaban J connectivity index is 2.72. The number of hydrogen-bond acceptors (Lipinski definition) is 2. The van der Waals surface area contributed by atoms with E-state index >= 15 is 0 Å². The van der Waals surface area contributed by atoms with Crippen LogP contribution in [-0.2, 0) is 0 Å². The normalized spacial score (nSPS) is 9.77. The van der Waals surface area contributed by atoms with Crippen molar-refractivity contribution in [2.45, 2.75) is 0 Å². The van der Waals surface area contributed by atoms with Crippen LogP contribution < -0.4 is 0 Å². The molecule has 2 heterocycles. The molecular weight excluding hydrogens is 164 g/mol. The fraction of sp³-hybridized carbons (Fsp3) is 0. The summed E-state index contributed by atoms with van der Waals surface area (Å²) in [5, 5.41) is 0.907. The van der Waals surface area contributed by atoms with Crippen LogP contribution in [-0.4, -0.2) is 16.3 Å². The summed E-state index contributed by atoms with van der Waals surface area (Å²) in [6, 6.07) is 3.50. The van der Waals surface area contributed by atoms with Gasteiger partial charge in [-0.3, -0.25) is 4.79 Å². The number of aldehydes is 1. The van der Waals surface area contributed by atoms with Gasteiger partial charge in [0, 0.05) is 5.39 Å². The lowest BCUT2D eigenvalue weighted by Gasteiger charge is -1.89. The maximum atomic E-state index is 10.4. The molecule has 0 saturated carbocycles. The first kappa shape index (κ1) is 7.56. The predicted molar refractivity (Wildman–Crippen MR) is 49.4 cm³/mol. The smallest absolute Gasteiger partial charge is 0.166 e. The molecule has 0 fully saturated rings. The number of aromatic amines is 1. The number of aromatic nitrogens is 2. The third-order valence-electron chi connectivity index (χ3n) is 1.80. The molecule has 3 nitrogen and oxygen atoms in total. The van der Waals surface area contributed by atoms with Gasteiger partial charge in [0.2, 0.25) is 0 Å². The van der Waals surface area contributed by atoms with Gasteiger partial charge in [0.15, 0.2) is 6.29 Å². The van der Waals surface area contributed by atoms with Crippen LogP contribution in [0.4, 0.5) is 0 Å². The first-order valence-electron chi connectivity index (χ1n) is 3.74. The van der Waals surface area contributed by atoms with Crippen LogP contribution in [0, 0.1) is 12.3 Å². The van der Waals surface area contributed by atoms with Gasteiger partial charge in [-0.1, -0.05) is 5.92 Å². The summed E-state index contributed by atoms with van der Waals surface area (Å²) in [7, 11) is 0. The molecule has 0 bridgehead atoms. The lowest BCUT2D eigenvalue weighted by atomic mass is 10.2. The highest BCUT2D eigenvalue weighted by molar-refractivity contribution is 5.87. The van der Waals surface area contributed by atoms with Crippen LogP contribution in [0.25, 0.3) is 10.9 Å². The maximum Gasteiger partial charge on any atom is 0.166 e. The third kappa shape index (κ3) is 1.18. The summed E-state index contributed by atoms with van der Waals surface area (Å²) in [5.41, 5.74) is 1.93. The Kier molecular flexibility index (Phi) is 1.60. The van der Waals surface area contributed by atoms with Gasteiger partial charge < -0.3 is 4.98 Å². The molecule has 0 unspecified atom stereocenters. The quantitative estimate of drug-likeness (QED) is 0.518. The van der Waals surface area contributed by atoms with Crippen LogP contribution in [0.3, 0.4) is 0 Å². The van der Waals surface area contributed by atoms with E-state index in [2.05, 4.69) is 15.9 Å². The van der Waals surface area contributed by atoms with Crippen molar-refractivity contribution in [2.24, 2.45) is 0 Å². The van der Waals surface area contributed by atoms with E-state index < -0.39 is 0 Å². The Morgan fingerprint density at radius 2 is 2.38 bits per heavy atom. The van der Waals surface area contributed by atoms with Crippen molar-refractivity contribution in [3.05, 3.63) is 29.7 Å². The Morgan fingerprint density at radius 1 is 1.54 bits per heavy atom. The van der Waals surface area contributed by atoms with Crippen molar-refractivity contribution in [3.8, 4) is 12.3 Å². The summed E-state index contributed by atoms with van der Waals surface area (Å²) in [5.74, 6) is 2.43. The van der Waals surface area contributed by atoms with Crippen molar-refractivity contribution in [1.82, 2.24) is 9.97 Å². The van der Waals surface area contributed by atoms with E-state index in [9.17, 15) is 4.79 Å². The number of terminal acetylenes is 1. The third-order valence-corrected chi connectivity index (χ3v) is 1.80. The molecular formula is C10H6N2O. The molecule has 13 heavy (non-hydrogen) atoms. The first-order valence-corrected chi connectivity index (χ1v) is 3.74. The Labute approximate surface area is 74.8 Å². The Morgan fingerprint density at radius 3 is 3.08 bits per heavy atom. The van der Waals surface area contributed by atoms with E-state index in [1.165, 1.54) is 0 Å². The molecule has 0 atom stereocenters. The number of rotatable bonds is 1. The van der Waals surface area contributed by atoms with Crippen molar-refractivity contribution in [1.29, 1.82) is 0 Å². The summed E-state index contributed by atoms with van der Waals surface area (Å²) in [6.07, 6.45) is 7.57. The van der Waals surface area contributed by atoms with Crippen LogP contribution in [0.1, 0.15) is 16.2 Å². The summed E-state index contributed by atoms with van der Waals surface area (Å²) < 4.78 is 0. The molecule has 0 aliphatic rings. The average Bonchev–Trinajstić information content (AvgIpc) is 2.58. The highest BCUT2D eigenvalue weighted by Crippen LogP contribution is 2.13. The number of carbonyl (C=O) groups is 1. The number of fused-ring (bicyclic) bond motifs is 1. The number of pyridine rings is 1. The molecule has 62 valence electrons. The van der Waals surface area contributed by atoms with Gasteiger partial charge >= 0.3 is 0 Å². The molecule has 3 heteroatoms. The molecule has 0 radical (unpaired) electrons. The lowest BCUT2D eigenvalue weighted by molar-refractivity contribution is 0.112. The Hall–Kier alpha value is -2.08. The molecule has 1 N–H and O–H groups in total. The minimum absolute atomic E-state index is 0.533. The predicted octanol–water partition coefficient (Wildman–Crippen LogP) is 1.36. The SMILES string of the molecule is C#Cc1cc2cc(C=O)[nH]c2cn1. The van der Waals surface area contributed by atoms with E-state index in [0.29, 0.717) is 11.4 Å². The topological polar surface area (TPSA) is 45.8 Å². The summed E-state index contributed by atoms with van der Waals surface area (Å²) in [4.78, 5) is 17.3. The zero-order valence-corrected chi connectivity index (χ0v) is 6.74. The molecule has 2 aromatic rings. The summed E-state index contributed by atoms with van der Waals surface area (Å²) >= 11 is 0. The van der Waals surface area contributed by atoms with Crippen LogP contribution >= 0.6 is 0 Å². The van der Waals surface area contributed by atoms with Gasteiger partial charge in [-0.15, -0.1) is 6.42 Å². The monoisotopic (exact) mass is 170 g/mol. The van der Waals surface area contributed by atoms with Crippen LogP contribution in [0.2, 0.25) is 0 Å². The van der Waals surface area contributed by atoms with Crippen LogP contribution in [0.5, 0.6) is 0 Å². The number of H-pyrrole nitrogens is 1. The molecule has 0 spiro atoms. The highest BCUT2D eigenvalue weighted by atomic mass is 16.1. The maximum absolute atomic E-state index is 10.4. The molecule has 0 aromatic carbocycles. The van der Waals surface area contributed by atoms with E-state index in [-0.39, 0.29) is 0 Å². The molecule has 2 aromatic heterocycles. The Bertz CT molecular complexity index is 505. The zero-order chi connectivity index (χ0) is 9.26. The average molecular weight is 170 g/mol. The highest BCUT2D eigenvalue weighted by Gasteiger charge is 2.00. The minimum Gasteiger partial charge on any atom is -0.351 e. The van der Waals surface area contributed by atoms with Crippen LogP contribution in [0.15, 0.2) is 18.3 Å². The molecule has 0 aliphatic carbocycles. The number of carbonyl (C=O) groups excluding carboxylic acids is 1. The van der Waals surface area contributed by atoms with Crippen molar-refractivity contribution in [2.75, 3.05) is 0 Å². The van der Waals surface area contributed by atoms with E-state index in [4.69, 9.17) is 6.42 Å². The van der Waals surface area contributed by atoms with Gasteiger partial charge in [-0.2, -0.15) is 0 Å². The number of nitrogens with zero attached hydrogens (tertiary/aromatic N) is 1. The fourth-order valence-corrected chi connectivity index (χ4v) is 1.20. The number of hydrogen-bond donors (Lipinski definition) is 1. The van der Waals surface area contributed by atoms with E-state index in [0.717, 1.165) is 17.2 Å². The van der Waals surface area contributed by atoms with Gasteiger partial charge in [0.1, 0.15) is 5.69 Å². The second-order valence-electron chi connectivity index (χ2n) is 2.64. The summed E-state index contributed by atoms with van der Waals surface area (Å²) in [6.45, 7) is 0. The standard InChI is InChI=1S/C10H6N2O/c1-2-8-3-7-4-9(6-13)12-10(7)5-11-8/h1,3-6,12H. The largest absolute Gasteiger partial charge is 0.351 e. The van der Waals surface area contributed by atoms with Crippen molar-refractivity contribution < 1.29 is 4.79 Å². The zero-order valence-electron chi connectivity index (χ0n) is 6.74. The second kappa shape index (κ2) is 2.76. The molecule has 0 amide bonds. The molecule has 2 rings (SSSR count). The van der Waals surface area contributed by atoms with Gasteiger partial charge in [-0.05, 0) is 12.1 Å². The molecule has 0 aliphatic heterocycles. The van der Waals surface area contributed by atoms with Gasteiger partial charge in [0.05, 0.1) is 17.4 Å². The van der Waals surface area contributed by atoms with Gasteiger partial charge in [-0.25, -0.2) is 4.98 Å². The van der Waals surface area contributed by atoms with Crippen molar-refractivity contribution in [3.63, 3.8) is 0 Å². The minimum atomic E-state index is 0.533. The first-order chi connectivity index (χ1) is 6.33. The van der Waals surface area contributed by atoms with Gasteiger partial charge in [0.25, 0.3) is 0 Å². The second-order valence-corrected chi connectivity index (χ2v) is 2.64. The van der Waals surface area contributed by atoms with Crippen molar-refractivity contribution >= 4 is 17.2 Å². The fourth-order valence-electron chi connectivity index (χ4n) is 1.20. The van der Waals surface area contributed by atoms with E-state index in [1.807, 2.05) is 0 Å². The lowest BCUT2D eigenvalue weighted by Crippen LogP contribution is -1.80. The van der Waals surface area contributed by atoms with E-state index in [1.54, 1.807) is 18.3 Å².